The molecule has 19 heavy (non-hydrogen) atoms. The summed E-state index contributed by atoms with van der Waals surface area (Å²) in [6.45, 7) is 0. The summed E-state index contributed by atoms with van der Waals surface area (Å²) in [5, 5.41) is 9.02. The van der Waals surface area contributed by atoms with Crippen molar-refractivity contribution in [2.75, 3.05) is 0 Å². The molecule has 3 atom stereocenters. The van der Waals surface area contributed by atoms with Crippen LogP contribution in [-0.2, 0) is 14.8 Å². The van der Waals surface area contributed by atoms with Gasteiger partial charge < -0.3 is 5.11 Å². The zero-order valence-corrected chi connectivity index (χ0v) is 11.8. The molecule has 3 rings (SSSR count). The van der Waals surface area contributed by atoms with Crippen LogP contribution in [0.25, 0.3) is 0 Å². The standard InChI is InChI=1S/C13H21NO4S/c15-13(16)12-9-6-7-10(8-9)14(12)19(17,18)11-4-2-1-3-5-11/h9-12H,1-8H2,(H,15,16). The van der Waals surface area contributed by atoms with Crippen LogP contribution in [-0.4, -0.2) is 41.1 Å². The molecule has 3 aliphatic rings. The van der Waals surface area contributed by atoms with E-state index in [1.165, 1.54) is 4.31 Å². The number of carboxylic acids is 1. The Balaban J connectivity index is 1.88. The van der Waals surface area contributed by atoms with E-state index >= 15 is 0 Å². The Labute approximate surface area is 114 Å². The second-order valence-electron chi connectivity index (χ2n) is 6.14. The average Bonchev–Trinajstić information content (AvgIpc) is 3.00. The Morgan fingerprint density at radius 3 is 2.37 bits per heavy atom. The van der Waals surface area contributed by atoms with E-state index in [2.05, 4.69) is 0 Å². The lowest BCUT2D eigenvalue weighted by Gasteiger charge is -2.35. The highest BCUT2D eigenvalue weighted by Gasteiger charge is 2.55. The van der Waals surface area contributed by atoms with Crippen molar-refractivity contribution >= 4 is 16.0 Å². The van der Waals surface area contributed by atoms with Crippen molar-refractivity contribution in [3.63, 3.8) is 0 Å². The number of sulfonamides is 1. The quantitative estimate of drug-likeness (QED) is 0.855. The van der Waals surface area contributed by atoms with Crippen LogP contribution in [0.2, 0.25) is 0 Å². The minimum atomic E-state index is -3.43. The molecule has 0 radical (unpaired) electrons. The third kappa shape index (κ3) is 2.09. The minimum Gasteiger partial charge on any atom is -0.480 e. The van der Waals surface area contributed by atoms with Crippen molar-refractivity contribution in [2.45, 2.75) is 68.7 Å². The first-order chi connectivity index (χ1) is 9.01. The van der Waals surface area contributed by atoms with E-state index in [0.29, 0.717) is 12.8 Å². The zero-order chi connectivity index (χ0) is 13.6. The highest BCUT2D eigenvalue weighted by molar-refractivity contribution is 7.89. The summed E-state index contributed by atoms with van der Waals surface area (Å²) >= 11 is 0. The monoisotopic (exact) mass is 287 g/mol. The topological polar surface area (TPSA) is 74.7 Å². The third-order valence-electron chi connectivity index (χ3n) is 5.05. The Morgan fingerprint density at radius 1 is 1.05 bits per heavy atom. The molecule has 1 aliphatic heterocycles. The van der Waals surface area contributed by atoms with Gasteiger partial charge in [-0.15, -0.1) is 0 Å². The van der Waals surface area contributed by atoms with Crippen LogP contribution in [0, 0.1) is 5.92 Å². The van der Waals surface area contributed by atoms with E-state index in [1.54, 1.807) is 0 Å². The fourth-order valence-electron chi connectivity index (χ4n) is 4.16. The number of aliphatic carboxylic acids is 1. The first kappa shape index (κ1) is 13.4. The van der Waals surface area contributed by atoms with Crippen LogP contribution in [0.15, 0.2) is 0 Å². The number of rotatable bonds is 3. The van der Waals surface area contributed by atoms with Crippen molar-refractivity contribution in [3.05, 3.63) is 0 Å². The van der Waals surface area contributed by atoms with Crippen LogP contribution in [0.3, 0.4) is 0 Å². The SMILES string of the molecule is O=C(O)C1C2CCC(C2)N1S(=O)(=O)C1CCCCC1. The molecule has 2 aliphatic carbocycles. The van der Waals surface area contributed by atoms with Gasteiger partial charge in [0.05, 0.1) is 5.25 Å². The van der Waals surface area contributed by atoms with E-state index < -0.39 is 22.0 Å². The maximum atomic E-state index is 12.8. The largest absolute Gasteiger partial charge is 0.480 e. The highest BCUT2D eigenvalue weighted by atomic mass is 32.2. The fraction of sp³-hybridized carbons (Fsp3) is 0.923. The molecule has 1 N–H and O–H groups in total. The first-order valence-electron chi connectivity index (χ1n) is 7.27. The van der Waals surface area contributed by atoms with Crippen LogP contribution in [0.5, 0.6) is 0 Å². The van der Waals surface area contributed by atoms with Gasteiger partial charge in [0.2, 0.25) is 10.0 Å². The minimum absolute atomic E-state index is 0.0286. The fourth-order valence-corrected chi connectivity index (χ4v) is 6.62. The molecule has 108 valence electrons. The summed E-state index contributed by atoms with van der Waals surface area (Å²) in [6.07, 6.45) is 6.82. The van der Waals surface area contributed by atoms with Crippen molar-refractivity contribution in [1.29, 1.82) is 0 Å². The lowest BCUT2D eigenvalue weighted by atomic mass is 10.0. The van der Waals surface area contributed by atoms with Crippen LogP contribution >= 0.6 is 0 Å². The Hall–Kier alpha value is -0.620. The van der Waals surface area contributed by atoms with Gasteiger partial charge in [-0.25, -0.2) is 8.42 Å². The van der Waals surface area contributed by atoms with Gasteiger partial charge in [0.25, 0.3) is 0 Å². The number of hydrogen-bond donors (Lipinski definition) is 1. The predicted octanol–water partition coefficient (Wildman–Crippen LogP) is 1.59. The average molecular weight is 287 g/mol. The molecule has 5 nitrogen and oxygen atoms in total. The molecule has 0 amide bonds. The van der Waals surface area contributed by atoms with E-state index in [1.807, 2.05) is 0 Å². The number of carboxylic acid groups (broad SMARTS) is 1. The summed E-state index contributed by atoms with van der Waals surface area (Å²) in [5.41, 5.74) is 0. The smallest absolute Gasteiger partial charge is 0.322 e. The lowest BCUT2D eigenvalue weighted by molar-refractivity contribution is -0.142. The van der Waals surface area contributed by atoms with Crippen molar-refractivity contribution in [1.82, 2.24) is 4.31 Å². The molecule has 2 bridgehead atoms. The number of nitrogens with zero attached hydrogens (tertiary/aromatic N) is 1. The van der Waals surface area contributed by atoms with Gasteiger partial charge >= 0.3 is 5.97 Å². The zero-order valence-electron chi connectivity index (χ0n) is 11.0. The lowest BCUT2D eigenvalue weighted by Crippen LogP contribution is -2.52. The molecule has 3 fully saturated rings. The molecule has 2 saturated carbocycles. The van der Waals surface area contributed by atoms with Gasteiger partial charge in [-0.3, -0.25) is 4.79 Å². The summed E-state index contributed by atoms with van der Waals surface area (Å²) < 4.78 is 26.9. The number of hydrogen-bond acceptors (Lipinski definition) is 3. The Kier molecular flexibility index (Phi) is 3.33. The van der Waals surface area contributed by atoms with Gasteiger partial charge in [-0.2, -0.15) is 4.31 Å². The first-order valence-corrected chi connectivity index (χ1v) is 8.77. The molecule has 0 aromatic carbocycles. The van der Waals surface area contributed by atoms with Gasteiger partial charge in [0.15, 0.2) is 0 Å². The number of fused-ring (bicyclic) bond motifs is 2. The van der Waals surface area contributed by atoms with Crippen LogP contribution < -0.4 is 0 Å². The second kappa shape index (κ2) is 4.74. The maximum absolute atomic E-state index is 12.8. The van der Waals surface area contributed by atoms with Crippen LogP contribution in [0.4, 0.5) is 0 Å². The molecule has 3 unspecified atom stereocenters. The van der Waals surface area contributed by atoms with Gasteiger partial charge in [-0.1, -0.05) is 19.3 Å². The molecular formula is C13H21NO4S. The van der Waals surface area contributed by atoms with Crippen molar-refractivity contribution in [3.8, 4) is 0 Å². The van der Waals surface area contributed by atoms with E-state index in [0.717, 1.165) is 38.5 Å². The van der Waals surface area contributed by atoms with Crippen molar-refractivity contribution in [2.24, 2.45) is 5.92 Å². The van der Waals surface area contributed by atoms with Gasteiger partial charge in [0.1, 0.15) is 6.04 Å². The van der Waals surface area contributed by atoms with E-state index in [9.17, 15) is 18.3 Å². The predicted molar refractivity (Wildman–Crippen MR) is 70.2 cm³/mol. The molecule has 6 heteroatoms. The van der Waals surface area contributed by atoms with E-state index in [-0.39, 0.29) is 17.2 Å². The Bertz CT molecular complexity index is 469. The van der Waals surface area contributed by atoms with Gasteiger partial charge in [-0.05, 0) is 38.0 Å². The summed E-state index contributed by atoms with van der Waals surface area (Å²) in [4.78, 5) is 11.4. The maximum Gasteiger partial charge on any atom is 0.322 e. The Morgan fingerprint density at radius 2 is 1.74 bits per heavy atom. The van der Waals surface area contributed by atoms with Gasteiger partial charge in [0, 0.05) is 6.04 Å². The molecule has 1 heterocycles. The summed E-state index contributed by atoms with van der Waals surface area (Å²) in [7, 11) is -3.43. The van der Waals surface area contributed by atoms with Crippen molar-refractivity contribution < 1.29 is 18.3 Å². The molecule has 1 saturated heterocycles. The van der Waals surface area contributed by atoms with Crippen LogP contribution in [0.1, 0.15) is 51.4 Å². The summed E-state index contributed by atoms with van der Waals surface area (Å²) in [6, 6.07) is -0.858. The number of piperidine rings is 1. The number of carbonyl (C=O) groups is 1. The second-order valence-corrected chi connectivity index (χ2v) is 8.26. The molecular weight excluding hydrogens is 266 g/mol. The molecule has 0 spiro atoms. The van der Waals surface area contributed by atoms with E-state index in [4.69, 9.17) is 0 Å². The third-order valence-corrected chi connectivity index (χ3v) is 7.47. The highest BCUT2D eigenvalue weighted by Crippen LogP contribution is 2.45. The normalized spacial score (nSPS) is 36.7. The molecule has 0 aromatic rings. The molecule has 0 aromatic heterocycles. The summed E-state index contributed by atoms with van der Waals surface area (Å²) in [5.74, 6) is -0.938.